The van der Waals surface area contributed by atoms with E-state index in [0.717, 1.165) is 10.5 Å². The van der Waals surface area contributed by atoms with Gasteiger partial charge in [-0.05, 0) is 43.5 Å². The topological polar surface area (TPSA) is 105 Å². The molecule has 1 aliphatic rings. The number of urea groups is 1. The van der Waals surface area contributed by atoms with Crippen molar-refractivity contribution in [2.24, 2.45) is 0 Å². The molecule has 1 heterocycles. The lowest BCUT2D eigenvalue weighted by atomic mass is 9.93. The van der Waals surface area contributed by atoms with Gasteiger partial charge in [-0.2, -0.15) is 0 Å². The monoisotopic (exact) mass is 395 g/mol. The first-order valence-electron chi connectivity index (χ1n) is 8.58. The molecule has 0 unspecified atom stereocenters. The Morgan fingerprint density at radius 2 is 1.93 bits per heavy atom. The third-order valence-corrected chi connectivity index (χ3v) is 4.80. The molecule has 0 aromatic heterocycles. The van der Waals surface area contributed by atoms with E-state index in [4.69, 9.17) is 16.3 Å². The summed E-state index contributed by atoms with van der Waals surface area (Å²) in [5.41, 5.74) is 0.322. The summed E-state index contributed by atoms with van der Waals surface area (Å²) in [7, 11) is 0. The van der Waals surface area contributed by atoms with Crippen molar-refractivity contribution in [3.8, 4) is 0 Å². The first-order valence-corrected chi connectivity index (χ1v) is 8.96. The first-order chi connectivity index (χ1) is 12.7. The van der Waals surface area contributed by atoms with E-state index in [1.165, 1.54) is 0 Å². The summed E-state index contributed by atoms with van der Waals surface area (Å²) in [4.78, 5) is 49.1. The van der Waals surface area contributed by atoms with Crippen molar-refractivity contribution in [2.45, 2.75) is 39.2 Å². The van der Waals surface area contributed by atoms with Crippen LogP contribution in [0, 0.1) is 6.92 Å². The highest BCUT2D eigenvalue weighted by Crippen LogP contribution is 2.24. The minimum Gasteiger partial charge on any atom is -0.454 e. The molecule has 0 spiro atoms. The maximum atomic E-state index is 12.4. The van der Waals surface area contributed by atoms with E-state index in [-0.39, 0.29) is 0 Å². The highest BCUT2D eigenvalue weighted by Gasteiger charge is 2.49. The minimum atomic E-state index is -0.985. The van der Waals surface area contributed by atoms with Gasteiger partial charge in [-0.15, -0.1) is 0 Å². The van der Waals surface area contributed by atoms with Crippen molar-refractivity contribution in [2.75, 3.05) is 18.5 Å². The van der Waals surface area contributed by atoms with Gasteiger partial charge in [0, 0.05) is 10.7 Å². The third kappa shape index (κ3) is 4.57. The van der Waals surface area contributed by atoms with E-state index in [9.17, 15) is 19.2 Å². The second-order valence-electron chi connectivity index (χ2n) is 6.28. The molecule has 1 aliphatic heterocycles. The quantitative estimate of drug-likeness (QED) is 0.544. The molecule has 2 N–H and O–H groups in total. The van der Waals surface area contributed by atoms with Crippen molar-refractivity contribution in [3.05, 3.63) is 28.8 Å². The highest BCUT2D eigenvalue weighted by atomic mass is 35.5. The lowest BCUT2D eigenvalue weighted by Crippen LogP contribution is -2.46. The van der Waals surface area contributed by atoms with E-state index in [1.54, 1.807) is 39.0 Å². The van der Waals surface area contributed by atoms with Crippen LogP contribution in [0.4, 0.5) is 10.5 Å². The second-order valence-corrected chi connectivity index (χ2v) is 6.72. The summed E-state index contributed by atoms with van der Waals surface area (Å²) in [6.07, 6.45) is 0.838. The normalized spacial score (nSPS) is 15.5. The smallest absolute Gasteiger partial charge is 0.326 e. The molecule has 0 atom stereocenters. The number of amides is 4. The van der Waals surface area contributed by atoms with Gasteiger partial charge in [0.25, 0.3) is 11.8 Å². The third-order valence-electron chi connectivity index (χ3n) is 4.57. The van der Waals surface area contributed by atoms with Gasteiger partial charge in [0.05, 0.1) is 0 Å². The summed E-state index contributed by atoms with van der Waals surface area (Å²) in [6, 6.07) is 4.32. The molecular weight excluding hydrogens is 374 g/mol. The van der Waals surface area contributed by atoms with E-state index in [1.807, 2.05) is 0 Å². The number of ether oxygens (including phenoxy) is 1. The zero-order valence-electron chi connectivity index (χ0n) is 15.4. The number of imide groups is 1. The Labute approximate surface area is 162 Å². The average Bonchev–Trinajstić information content (AvgIpc) is 2.87. The van der Waals surface area contributed by atoms with Crippen molar-refractivity contribution >= 4 is 41.1 Å². The number of nitrogens with one attached hydrogen (secondary N) is 2. The van der Waals surface area contributed by atoms with E-state index >= 15 is 0 Å². The fraction of sp³-hybridized carbons (Fsp3) is 0.444. The van der Waals surface area contributed by atoms with Gasteiger partial charge in [-0.3, -0.25) is 19.3 Å². The SMILES string of the molecule is CCC1(CC)NC(=O)N(CC(=O)OCC(=O)Nc2ccc(Cl)cc2C)C1=O. The highest BCUT2D eigenvalue weighted by molar-refractivity contribution is 6.30. The predicted octanol–water partition coefficient (Wildman–Crippen LogP) is 2.24. The van der Waals surface area contributed by atoms with Gasteiger partial charge >= 0.3 is 12.0 Å². The molecule has 1 fully saturated rings. The van der Waals surface area contributed by atoms with E-state index in [2.05, 4.69) is 10.6 Å². The summed E-state index contributed by atoms with van der Waals surface area (Å²) in [6.45, 7) is 4.27. The Hall–Kier alpha value is -2.61. The number of carbonyl (C=O) groups is 4. The Bertz CT molecular complexity index is 776. The number of anilines is 1. The molecule has 2 rings (SSSR count). The van der Waals surface area contributed by atoms with Gasteiger partial charge < -0.3 is 15.4 Å². The zero-order valence-corrected chi connectivity index (χ0v) is 16.2. The van der Waals surface area contributed by atoms with Crippen molar-refractivity contribution < 1.29 is 23.9 Å². The Kier molecular flexibility index (Phi) is 6.43. The summed E-state index contributed by atoms with van der Waals surface area (Å²) in [5, 5.41) is 5.76. The summed E-state index contributed by atoms with van der Waals surface area (Å²) in [5.74, 6) is -1.84. The van der Waals surface area contributed by atoms with Crippen LogP contribution in [0.3, 0.4) is 0 Å². The Morgan fingerprint density at radius 3 is 2.48 bits per heavy atom. The maximum Gasteiger partial charge on any atom is 0.326 e. The van der Waals surface area contributed by atoms with Gasteiger partial charge in [-0.25, -0.2) is 4.79 Å². The van der Waals surface area contributed by atoms with E-state index in [0.29, 0.717) is 23.6 Å². The molecule has 1 aromatic rings. The number of hydrogen-bond donors (Lipinski definition) is 2. The van der Waals surface area contributed by atoms with Crippen LogP contribution in [-0.2, 0) is 19.1 Å². The minimum absolute atomic E-state index is 0.419. The van der Waals surface area contributed by atoms with Crippen molar-refractivity contribution in [1.29, 1.82) is 0 Å². The van der Waals surface area contributed by atoms with Crippen LogP contribution in [0.1, 0.15) is 32.3 Å². The second kappa shape index (κ2) is 8.39. The summed E-state index contributed by atoms with van der Waals surface area (Å²) < 4.78 is 4.88. The molecule has 4 amide bonds. The molecule has 0 radical (unpaired) electrons. The molecular formula is C18H22ClN3O5. The molecule has 146 valence electrons. The van der Waals surface area contributed by atoms with Crippen LogP contribution >= 0.6 is 11.6 Å². The lowest BCUT2D eigenvalue weighted by molar-refractivity contribution is -0.150. The van der Waals surface area contributed by atoms with Gasteiger partial charge in [-0.1, -0.05) is 25.4 Å². The van der Waals surface area contributed by atoms with Crippen LogP contribution < -0.4 is 10.6 Å². The molecule has 8 nitrogen and oxygen atoms in total. The van der Waals surface area contributed by atoms with Crippen LogP contribution in [0.2, 0.25) is 5.02 Å². The van der Waals surface area contributed by atoms with Crippen molar-refractivity contribution in [1.82, 2.24) is 10.2 Å². The molecule has 27 heavy (non-hydrogen) atoms. The number of nitrogens with zero attached hydrogens (tertiary/aromatic N) is 1. The van der Waals surface area contributed by atoms with Gasteiger partial charge in [0.15, 0.2) is 6.61 Å². The number of carbonyl (C=O) groups excluding carboxylic acids is 4. The number of benzene rings is 1. The fourth-order valence-electron chi connectivity index (χ4n) is 2.82. The lowest BCUT2D eigenvalue weighted by Gasteiger charge is -2.22. The fourth-order valence-corrected chi connectivity index (χ4v) is 3.05. The molecule has 0 aliphatic carbocycles. The zero-order chi connectivity index (χ0) is 20.2. The molecule has 9 heteroatoms. The first kappa shape index (κ1) is 20.7. The number of aryl methyl sites for hydroxylation is 1. The Morgan fingerprint density at radius 1 is 1.26 bits per heavy atom. The predicted molar refractivity (Wildman–Crippen MR) is 99.3 cm³/mol. The van der Waals surface area contributed by atoms with Gasteiger partial charge in [0.2, 0.25) is 0 Å². The maximum absolute atomic E-state index is 12.4. The van der Waals surface area contributed by atoms with Crippen LogP contribution in [0.5, 0.6) is 0 Å². The summed E-state index contributed by atoms with van der Waals surface area (Å²) >= 11 is 5.85. The number of esters is 1. The molecule has 0 bridgehead atoms. The van der Waals surface area contributed by atoms with Crippen LogP contribution in [-0.4, -0.2) is 47.4 Å². The Balaban J connectivity index is 1.88. The van der Waals surface area contributed by atoms with Crippen LogP contribution in [0.25, 0.3) is 0 Å². The van der Waals surface area contributed by atoms with Crippen molar-refractivity contribution in [3.63, 3.8) is 0 Å². The molecule has 0 saturated carbocycles. The largest absolute Gasteiger partial charge is 0.454 e. The molecule has 1 saturated heterocycles. The average molecular weight is 396 g/mol. The van der Waals surface area contributed by atoms with Gasteiger partial charge in [0.1, 0.15) is 12.1 Å². The molecule has 1 aromatic carbocycles. The number of hydrogen-bond acceptors (Lipinski definition) is 5. The number of rotatable bonds is 7. The standard InChI is InChI=1S/C18H22ClN3O5/c1-4-18(5-2)16(25)22(17(26)21-18)9-15(24)27-10-14(23)20-13-7-6-12(19)8-11(13)3/h6-8H,4-5,9-10H2,1-3H3,(H,20,23)(H,21,26). The van der Waals surface area contributed by atoms with Crippen LogP contribution in [0.15, 0.2) is 18.2 Å². The number of halogens is 1. The van der Waals surface area contributed by atoms with E-state index < -0.39 is 42.5 Å².